The number of ether oxygens (including phenoxy) is 1. The van der Waals surface area contributed by atoms with Gasteiger partial charge in [0.05, 0.1) is 6.61 Å². The van der Waals surface area contributed by atoms with Crippen LogP contribution in [0.3, 0.4) is 0 Å². The van der Waals surface area contributed by atoms with Crippen molar-refractivity contribution in [3.63, 3.8) is 0 Å². The molecule has 0 spiro atoms. The van der Waals surface area contributed by atoms with Gasteiger partial charge in [0.15, 0.2) is 17.2 Å². The standard InChI is InChI=1S/C11H11FN2O4S/c1-2-11(17)8(12)6(5-15)18-9(11)14-4-3-7(16)13-10(14)19/h1,3-4,6,8-9,15,17H,5H2,(H,13,16,19)/t6-,8+,9-,11?/m1/s1. The van der Waals surface area contributed by atoms with E-state index in [0.717, 1.165) is 10.6 Å². The van der Waals surface area contributed by atoms with Gasteiger partial charge < -0.3 is 14.9 Å². The van der Waals surface area contributed by atoms with Gasteiger partial charge in [-0.2, -0.15) is 0 Å². The zero-order valence-corrected chi connectivity index (χ0v) is 10.4. The molecule has 1 unspecified atom stereocenters. The number of nitrogens with one attached hydrogen (secondary N) is 1. The van der Waals surface area contributed by atoms with E-state index in [2.05, 4.69) is 4.98 Å². The Kier molecular flexibility index (Phi) is 3.56. The quantitative estimate of drug-likeness (QED) is 0.504. The monoisotopic (exact) mass is 286 g/mol. The molecule has 0 amide bonds. The number of alkyl halides is 1. The van der Waals surface area contributed by atoms with Gasteiger partial charge in [-0.1, -0.05) is 5.92 Å². The van der Waals surface area contributed by atoms with E-state index in [1.54, 1.807) is 0 Å². The van der Waals surface area contributed by atoms with E-state index >= 15 is 0 Å². The fraction of sp³-hybridized carbons (Fsp3) is 0.455. The van der Waals surface area contributed by atoms with Crippen LogP contribution in [0, 0.1) is 17.1 Å². The lowest BCUT2D eigenvalue weighted by atomic mass is 9.96. The predicted molar refractivity (Wildman–Crippen MR) is 65.6 cm³/mol. The largest absolute Gasteiger partial charge is 0.394 e. The van der Waals surface area contributed by atoms with Crippen LogP contribution in [-0.4, -0.2) is 44.2 Å². The Bertz CT molecular complexity index is 637. The molecule has 0 aliphatic carbocycles. The molecule has 2 rings (SSSR count). The lowest BCUT2D eigenvalue weighted by molar-refractivity contribution is -0.0739. The van der Waals surface area contributed by atoms with Gasteiger partial charge in [-0.05, 0) is 12.2 Å². The smallest absolute Gasteiger partial charge is 0.251 e. The SMILES string of the molecule is C#CC1(O)[C@@H](F)[C@@H](CO)O[C@H]1n1ccc(=O)[nH]c1=S. The lowest BCUT2D eigenvalue weighted by Crippen LogP contribution is -2.43. The van der Waals surface area contributed by atoms with Gasteiger partial charge in [-0.15, -0.1) is 6.42 Å². The molecule has 1 aromatic heterocycles. The van der Waals surface area contributed by atoms with Gasteiger partial charge in [0, 0.05) is 12.3 Å². The molecular formula is C11H11FN2O4S. The minimum atomic E-state index is -2.27. The van der Waals surface area contributed by atoms with Crippen molar-refractivity contribution >= 4 is 12.2 Å². The van der Waals surface area contributed by atoms with E-state index in [-0.39, 0.29) is 4.77 Å². The zero-order chi connectivity index (χ0) is 14.2. The fourth-order valence-electron chi connectivity index (χ4n) is 1.93. The van der Waals surface area contributed by atoms with Crippen LogP contribution in [0.4, 0.5) is 4.39 Å². The first-order valence-electron chi connectivity index (χ1n) is 5.36. The molecule has 0 saturated carbocycles. The van der Waals surface area contributed by atoms with Gasteiger partial charge in [0.2, 0.25) is 5.60 Å². The van der Waals surface area contributed by atoms with Crippen molar-refractivity contribution in [2.45, 2.75) is 24.1 Å². The van der Waals surface area contributed by atoms with Crippen molar-refractivity contribution in [1.29, 1.82) is 0 Å². The van der Waals surface area contributed by atoms with Crippen LogP contribution < -0.4 is 5.56 Å². The van der Waals surface area contributed by atoms with Crippen molar-refractivity contribution in [1.82, 2.24) is 9.55 Å². The van der Waals surface area contributed by atoms with Gasteiger partial charge in [0.1, 0.15) is 6.10 Å². The molecule has 19 heavy (non-hydrogen) atoms. The average Bonchev–Trinajstić information content (AvgIpc) is 2.63. The number of terminal acetylenes is 1. The first kappa shape index (κ1) is 13.9. The number of aliphatic hydroxyl groups is 2. The van der Waals surface area contributed by atoms with Crippen LogP contribution in [-0.2, 0) is 4.74 Å². The summed E-state index contributed by atoms with van der Waals surface area (Å²) in [6.45, 7) is -0.641. The van der Waals surface area contributed by atoms with E-state index < -0.39 is 36.3 Å². The zero-order valence-electron chi connectivity index (χ0n) is 9.62. The molecule has 1 fully saturated rings. The summed E-state index contributed by atoms with van der Waals surface area (Å²) in [6.07, 6.45) is 1.84. The highest BCUT2D eigenvalue weighted by Gasteiger charge is 2.56. The van der Waals surface area contributed by atoms with Gasteiger partial charge in [0.25, 0.3) is 5.56 Å². The molecule has 102 valence electrons. The highest BCUT2D eigenvalue weighted by molar-refractivity contribution is 7.71. The molecule has 0 aromatic carbocycles. The molecule has 3 N–H and O–H groups in total. The Balaban J connectivity index is 2.52. The third kappa shape index (κ3) is 2.11. The Morgan fingerprint density at radius 3 is 2.95 bits per heavy atom. The molecule has 0 bridgehead atoms. The normalized spacial score (nSPS) is 34.1. The summed E-state index contributed by atoms with van der Waals surface area (Å²) < 4.78 is 20.2. The third-order valence-corrected chi connectivity index (χ3v) is 3.25. The molecule has 1 aromatic rings. The minimum absolute atomic E-state index is 0.0723. The second-order valence-electron chi connectivity index (χ2n) is 4.10. The number of H-pyrrole nitrogens is 1. The highest BCUT2D eigenvalue weighted by Crippen LogP contribution is 2.39. The predicted octanol–water partition coefficient (Wildman–Crippen LogP) is -0.502. The van der Waals surface area contributed by atoms with Crippen LogP contribution >= 0.6 is 12.2 Å². The molecule has 2 heterocycles. The minimum Gasteiger partial charge on any atom is -0.394 e. The van der Waals surface area contributed by atoms with E-state index in [1.807, 2.05) is 5.92 Å². The van der Waals surface area contributed by atoms with Crippen LogP contribution in [0.25, 0.3) is 0 Å². The highest BCUT2D eigenvalue weighted by atomic mass is 32.1. The topological polar surface area (TPSA) is 87.5 Å². The summed E-state index contributed by atoms with van der Waals surface area (Å²) >= 11 is 4.90. The van der Waals surface area contributed by atoms with E-state index in [1.165, 1.54) is 6.20 Å². The molecule has 1 aliphatic rings. The Hall–Kier alpha value is -1.53. The van der Waals surface area contributed by atoms with Crippen LogP contribution in [0.15, 0.2) is 17.1 Å². The number of aliphatic hydroxyl groups excluding tert-OH is 1. The third-order valence-electron chi connectivity index (χ3n) is 2.94. The number of aromatic amines is 1. The van der Waals surface area contributed by atoms with Crippen molar-refractivity contribution in [3.05, 3.63) is 27.4 Å². The maximum Gasteiger partial charge on any atom is 0.251 e. The number of hydrogen-bond donors (Lipinski definition) is 3. The maximum atomic E-state index is 14.0. The molecule has 1 aliphatic heterocycles. The first-order chi connectivity index (χ1) is 8.93. The van der Waals surface area contributed by atoms with E-state index in [9.17, 15) is 14.3 Å². The Morgan fingerprint density at radius 1 is 1.74 bits per heavy atom. The number of halogens is 1. The summed E-state index contributed by atoms with van der Waals surface area (Å²) in [6, 6.07) is 1.13. The van der Waals surface area contributed by atoms with E-state index in [4.69, 9.17) is 28.5 Å². The molecular weight excluding hydrogens is 275 g/mol. The summed E-state index contributed by atoms with van der Waals surface area (Å²) in [5.74, 6) is 1.93. The van der Waals surface area contributed by atoms with Crippen LogP contribution in [0.1, 0.15) is 6.23 Å². The van der Waals surface area contributed by atoms with Gasteiger partial charge in [-0.3, -0.25) is 14.3 Å². The number of hydrogen-bond acceptors (Lipinski definition) is 5. The number of nitrogens with zero attached hydrogens (tertiary/aromatic N) is 1. The fourth-order valence-corrected chi connectivity index (χ4v) is 2.19. The average molecular weight is 286 g/mol. The molecule has 6 nitrogen and oxygen atoms in total. The molecule has 8 heteroatoms. The van der Waals surface area contributed by atoms with Crippen LogP contribution in [0.2, 0.25) is 0 Å². The Morgan fingerprint density at radius 2 is 2.42 bits per heavy atom. The first-order valence-corrected chi connectivity index (χ1v) is 5.77. The summed E-state index contributed by atoms with van der Waals surface area (Å²) in [7, 11) is 0. The van der Waals surface area contributed by atoms with Crippen LogP contribution in [0.5, 0.6) is 0 Å². The summed E-state index contributed by atoms with van der Waals surface area (Å²) in [5.41, 5.74) is -2.72. The lowest BCUT2D eigenvalue weighted by Gasteiger charge is -2.25. The maximum absolute atomic E-state index is 14.0. The summed E-state index contributed by atoms with van der Waals surface area (Å²) in [5, 5.41) is 19.2. The second kappa shape index (κ2) is 4.86. The van der Waals surface area contributed by atoms with Gasteiger partial charge in [-0.25, -0.2) is 4.39 Å². The van der Waals surface area contributed by atoms with Gasteiger partial charge >= 0.3 is 0 Å². The van der Waals surface area contributed by atoms with Crippen molar-refractivity contribution in [2.75, 3.05) is 6.61 Å². The Labute approximate surface area is 112 Å². The van der Waals surface area contributed by atoms with Crippen molar-refractivity contribution in [2.24, 2.45) is 0 Å². The molecule has 4 atom stereocenters. The second-order valence-corrected chi connectivity index (χ2v) is 4.49. The number of rotatable bonds is 2. The number of aromatic nitrogens is 2. The van der Waals surface area contributed by atoms with E-state index in [0.29, 0.717) is 0 Å². The molecule has 1 saturated heterocycles. The summed E-state index contributed by atoms with van der Waals surface area (Å²) in [4.78, 5) is 13.4. The van der Waals surface area contributed by atoms with Crippen molar-refractivity contribution in [3.8, 4) is 12.3 Å². The van der Waals surface area contributed by atoms with Crippen molar-refractivity contribution < 1.29 is 19.3 Å². The molecule has 0 radical (unpaired) electrons.